The van der Waals surface area contributed by atoms with E-state index in [-0.39, 0.29) is 0 Å². The number of hydrogen-bond donors (Lipinski definition) is 0. The second-order valence-electron chi connectivity index (χ2n) is 2.95. The average Bonchev–Trinajstić information content (AvgIpc) is 3.01. The average molecular weight is 324 g/mol. The molecule has 0 unspecified atom stereocenters. The lowest BCUT2D eigenvalue weighted by Crippen LogP contribution is -1.83. The Hall–Kier alpha value is -0.180. The maximum Gasteiger partial charge on any atom is 0.208 e. The van der Waals surface area contributed by atoms with Gasteiger partial charge in [-0.3, -0.25) is 0 Å². The Morgan fingerprint density at radius 2 is 0.722 bits per heavy atom. The van der Waals surface area contributed by atoms with Crippen molar-refractivity contribution in [2.75, 3.05) is 28.4 Å². The lowest BCUT2D eigenvalue weighted by Gasteiger charge is -2.00. The molecule has 8 heteroatoms. The molecule has 18 heavy (non-hydrogen) atoms. The van der Waals surface area contributed by atoms with E-state index in [2.05, 4.69) is 0 Å². The van der Waals surface area contributed by atoms with Crippen molar-refractivity contribution in [2.24, 2.45) is 0 Å². The van der Waals surface area contributed by atoms with Crippen LogP contribution in [0.25, 0.3) is 0 Å². The van der Waals surface area contributed by atoms with Gasteiger partial charge >= 0.3 is 0 Å². The number of hydrogen-bond acceptors (Lipinski definition) is 8. The largest absolute Gasteiger partial charge is 0.487 e. The molecule has 2 aliphatic heterocycles. The Balaban J connectivity index is 2.14. The van der Waals surface area contributed by atoms with Gasteiger partial charge in [-0.1, -0.05) is 0 Å². The van der Waals surface area contributed by atoms with Crippen LogP contribution in [0.2, 0.25) is 0 Å². The topological polar surface area (TPSA) is 36.9 Å². The number of rotatable bonds is 4. The van der Waals surface area contributed by atoms with Crippen molar-refractivity contribution in [3.63, 3.8) is 0 Å². The third-order valence-electron chi connectivity index (χ3n) is 1.98. The first kappa shape index (κ1) is 14.2. The van der Waals surface area contributed by atoms with Gasteiger partial charge in [0.1, 0.15) is 0 Å². The molecule has 0 bridgehead atoms. The summed E-state index contributed by atoms with van der Waals surface area (Å²) >= 11 is 6.24. The van der Waals surface area contributed by atoms with E-state index in [0.717, 1.165) is 28.8 Å². The Labute approximate surface area is 123 Å². The highest BCUT2D eigenvalue weighted by Gasteiger charge is 2.32. The minimum atomic E-state index is 0.788. The van der Waals surface area contributed by atoms with Crippen LogP contribution < -0.4 is 0 Å². The molecule has 0 aliphatic carbocycles. The van der Waals surface area contributed by atoms with Crippen LogP contribution in [0.15, 0.2) is 28.8 Å². The van der Waals surface area contributed by atoms with E-state index in [1.807, 2.05) is 0 Å². The van der Waals surface area contributed by atoms with Crippen molar-refractivity contribution in [3.8, 4) is 0 Å². The Morgan fingerprint density at radius 1 is 0.500 bits per heavy atom. The number of methoxy groups -OCH3 is 4. The monoisotopic (exact) mass is 324 g/mol. The van der Waals surface area contributed by atoms with Crippen molar-refractivity contribution in [1.29, 1.82) is 0 Å². The molecule has 0 aromatic heterocycles. The molecule has 0 aromatic rings. The smallest absolute Gasteiger partial charge is 0.208 e. The van der Waals surface area contributed by atoms with Crippen LogP contribution in [0.4, 0.5) is 0 Å². The maximum atomic E-state index is 5.28. The maximum absolute atomic E-state index is 5.28. The van der Waals surface area contributed by atoms with E-state index in [4.69, 9.17) is 18.9 Å². The summed E-state index contributed by atoms with van der Waals surface area (Å²) in [7, 11) is 6.57. The van der Waals surface area contributed by atoms with Gasteiger partial charge in [0.2, 0.25) is 20.4 Å². The first-order chi connectivity index (χ1) is 8.73. The van der Waals surface area contributed by atoms with E-state index in [9.17, 15) is 0 Å². The lowest BCUT2D eigenvalue weighted by atomic mass is 11.0. The summed E-state index contributed by atoms with van der Waals surface area (Å²) in [6.45, 7) is 0. The Kier molecular flexibility index (Phi) is 4.99. The Morgan fingerprint density at radius 3 is 0.889 bits per heavy atom. The zero-order chi connectivity index (χ0) is 13.1. The van der Waals surface area contributed by atoms with E-state index in [1.165, 1.54) is 0 Å². The predicted octanol–water partition coefficient (Wildman–Crippen LogP) is 3.91. The van der Waals surface area contributed by atoms with Crippen LogP contribution in [0.5, 0.6) is 0 Å². The molecule has 0 saturated carbocycles. The van der Waals surface area contributed by atoms with E-state index in [1.54, 1.807) is 75.5 Å². The Bertz CT molecular complexity index is 365. The van der Waals surface area contributed by atoms with Gasteiger partial charge in [0.05, 0.1) is 36.9 Å². The van der Waals surface area contributed by atoms with Crippen molar-refractivity contribution in [2.45, 2.75) is 0 Å². The second-order valence-corrected chi connectivity index (χ2v) is 7.40. The molecule has 0 N–H and O–H groups in total. The van der Waals surface area contributed by atoms with Crippen molar-refractivity contribution < 1.29 is 18.9 Å². The summed E-state index contributed by atoms with van der Waals surface area (Å²) in [5.74, 6) is 0. The van der Waals surface area contributed by atoms with Crippen molar-refractivity contribution in [1.82, 2.24) is 0 Å². The van der Waals surface area contributed by atoms with Gasteiger partial charge in [-0.2, -0.15) is 0 Å². The summed E-state index contributed by atoms with van der Waals surface area (Å²) < 4.78 is 23.4. The molecule has 100 valence electrons. The quantitative estimate of drug-likeness (QED) is 0.770. The zero-order valence-corrected chi connectivity index (χ0v) is 13.5. The van der Waals surface area contributed by atoms with E-state index in [0.29, 0.717) is 0 Å². The van der Waals surface area contributed by atoms with Crippen LogP contribution >= 0.6 is 47.0 Å². The van der Waals surface area contributed by atoms with Crippen LogP contribution in [0, 0.1) is 0 Å². The third kappa shape index (κ3) is 2.71. The molecule has 0 atom stereocenters. The molecule has 0 aromatic carbocycles. The van der Waals surface area contributed by atoms with Crippen LogP contribution in [0.1, 0.15) is 0 Å². The molecule has 0 fully saturated rings. The zero-order valence-electron chi connectivity index (χ0n) is 10.3. The molecule has 0 amide bonds. The van der Waals surface area contributed by atoms with E-state index >= 15 is 0 Å². The fraction of sp³-hybridized carbons (Fsp3) is 0.400. The van der Waals surface area contributed by atoms with Crippen molar-refractivity contribution in [3.05, 3.63) is 28.8 Å². The standard InChI is InChI=1S/C10H12O4S4/c1-11-5-6(12-2)16-9(15-5)10-17-7(13-3)8(14-4)18-10/h1-4H3. The lowest BCUT2D eigenvalue weighted by molar-refractivity contribution is 0.267. The second kappa shape index (κ2) is 6.31. The third-order valence-corrected chi connectivity index (χ3v) is 7.47. The van der Waals surface area contributed by atoms with Gasteiger partial charge in [-0.25, -0.2) is 0 Å². The summed E-state index contributed by atoms with van der Waals surface area (Å²) in [5, 5.41) is 3.15. The first-order valence-electron chi connectivity index (χ1n) is 4.83. The van der Waals surface area contributed by atoms with Gasteiger partial charge in [0, 0.05) is 0 Å². The van der Waals surface area contributed by atoms with Gasteiger partial charge in [-0.15, -0.1) is 0 Å². The predicted molar refractivity (Wildman–Crippen MR) is 79.5 cm³/mol. The van der Waals surface area contributed by atoms with E-state index < -0.39 is 0 Å². The molecular weight excluding hydrogens is 312 g/mol. The molecule has 0 saturated heterocycles. The fourth-order valence-corrected chi connectivity index (χ4v) is 5.96. The van der Waals surface area contributed by atoms with Gasteiger partial charge in [-0.05, 0) is 47.0 Å². The number of ether oxygens (including phenoxy) is 4. The molecule has 2 rings (SSSR count). The fourth-order valence-electron chi connectivity index (χ4n) is 1.21. The summed E-state index contributed by atoms with van der Waals surface area (Å²) in [4.78, 5) is 0. The van der Waals surface area contributed by atoms with Gasteiger partial charge in [0.25, 0.3) is 0 Å². The molecule has 2 aliphatic rings. The summed E-state index contributed by atoms with van der Waals surface area (Å²) in [6, 6.07) is 0. The minimum absolute atomic E-state index is 0.788. The van der Waals surface area contributed by atoms with Crippen LogP contribution in [-0.2, 0) is 18.9 Å². The van der Waals surface area contributed by atoms with Crippen LogP contribution in [0.3, 0.4) is 0 Å². The summed E-state index contributed by atoms with van der Waals surface area (Å²) in [5.41, 5.74) is 0. The first-order valence-corrected chi connectivity index (χ1v) is 8.10. The highest BCUT2D eigenvalue weighted by atomic mass is 32.2. The molecule has 4 nitrogen and oxygen atoms in total. The van der Waals surface area contributed by atoms with Crippen molar-refractivity contribution >= 4 is 47.0 Å². The molecular formula is C10H12O4S4. The van der Waals surface area contributed by atoms with Crippen LogP contribution in [-0.4, -0.2) is 28.4 Å². The minimum Gasteiger partial charge on any atom is -0.487 e. The highest BCUT2D eigenvalue weighted by molar-refractivity contribution is 8.34. The highest BCUT2D eigenvalue weighted by Crippen LogP contribution is 2.60. The van der Waals surface area contributed by atoms with Gasteiger partial charge < -0.3 is 18.9 Å². The SMILES string of the molecule is COC1=C(OC)SC(=C2SC(OC)=C(OC)S2)S1. The number of thioether (sulfide) groups is 4. The molecule has 2 heterocycles. The summed E-state index contributed by atoms with van der Waals surface area (Å²) in [6.07, 6.45) is 0. The molecule has 0 radical (unpaired) electrons. The van der Waals surface area contributed by atoms with Gasteiger partial charge in [0.15, 0.2) is 0 Å². The normalized spacial score (nSPS) is 19.8. The molecule has 0 spiro atoms.